The second-order valence-electron chi connectivity index (χ2n) is 3.99. The van der Waals surface area contributed by atoms with Crippen LogP contribution in [-0.4, -0.2) is 4.98 Å². The number of rotatable bonds is 5. The second kappa shape index (κ2) is 6.29. The van der Waals surface area contributed by atoms with E-state index in [9.17, 15) is 0 Å². The molecular weight excluding hydrogens is 242 g/mol. The maximum Gasteiger partial charge on any atom is 0.0991 e. The van der Waals surface area contributed by atoms with E-state index in [4.69, 9.17) is 5.26 Å². The molecule has 0 atom stereocenters. The Kier molecular flexibility index (Phi) is 4.46. The minimum Gasteiger partial charge on any atom is -0.308 e. The number of hydrogen-bond acceptors (Lipinski definition) is 4. The van der Waals surface area contributed by atoms with Gasteiger partial charge in [0.1, 0.15) is 0 Å². The fourth-order valence-corrected chi connectivity index (χ4v) is 2.51. The summed E-state index contributed by atoms with van der Waals surface area (Å²) in [7, 11) is 0. The van der Waals surface area contributed by atoms with Crippen LogP contribution in [0.15, 0.2) is 30.5 Å². The molecule has 0 radical (unpaired) electrons. The Morgan fingerprint density at radius 2 is 2.28 bits per heavy atom. The number of aryl methyl sites for hydroxylation is 1. The van der Waals surface area contributed by atoms with Crippen molar-refractivity contribution in [1.29, 1.82) is 5.26 Å². The van der Waals surface area contributed by atoms with Crippen LogP contribution in [0.25, 0.3) is 0 Å². The van der Waals surface area contributed by atoms with Crippen LogP contribution < -0.4 is 5.32 Å². The van der Waals surface area contributed by atoms with Gasteiger partial charge in [0.05, 0.1) is 16.6 Å². The van der Waals surface area contributed by atoms with Crippen molar-refractivity contribution < 1.29 is 0 Å². The van der Waals surface area contributed by atoms with Crippen molar-refractivity contribution in [1.82, 2.24) is 10.3 Å². The summed E-state index contributed by atoms with van der Waals surface area (Å²) in [5.41, 5.74) is 1.84. The molecule has 0 aliphatic carbocycles. The first kappa shape index (κ1) is 12.7. The smallest absolute Gasteiger partial charge is 0.0991 e. The molecular formula is C14H15N3S. The minimum absolute atomic E-state index is 0.709. The molecule has 2 rings (SSSR count). The van der Waals surface area contributed by atoms with Gasteiger partial charge in [-0.25, -0.2) is 4.98 Å². The molecule has 0 saturated heterocycles. The van der Waals surface area contributed by atoms with Gasteiger partial charge in [0.2, 0.25) is 0 Å². The number of nitrogens with zero attached hydrogens (tertiary/aromatic N) is 2. The molecule has 0 bridgehead atoms. The molecule has 0 unspecified atom stereocenters. The summed E-state index contributed by atoms with van der Waals surface area (Å²) in [6.07, 6.45) is 2.93. The fraction of sp³-hybridized carbons (Fsp3) is 0.286. The number of nitriles is 1. The van der Waals surface area contributed by atoms with E-state index < -0.39 is 0 Å². The summed E-state index contributed by atoms with van der Waals surface area (Å²) in [6, 6.07) is 9.82. The minimum atomic E-state index is 0.709. The SMILES string of the molecule is CCc1ncc(CNCc2cccc(C#N)c2)s1. The molecule has 0 aliphatic rings. The first-order valence-electron chi connectivity index (χ1n) is 5.95. The van der Waals surface area contributed by atoms with Crippen LogP contribution >= 0.6 is 11.3 Å². The van der Waals surface area contributed by atoms with Gasteiger partial charge in [0.25, 0.3) is 0 Å². The van der Waals surface area contributed by atoms with Crippen molar-refractivity contribution in [3.8, 4) is 6.07 Å². The summed E-state index contributed by atoms with van der Waals surface area (Å²) < 4.78 is 0. The van der Waals surface area contributed by atoms with E-state index in [0.29, 0.717) is 5.56 Å². The van der Waals surface area contributed by atoms with Crippen molar-refractivity contribution in [3.05, 3.63) is 51.5 Å². The van der Waals surface area contributed by atoms with Gasteiger partial charge in [-0.05, 0) is 24.1 Å². The van der Waals surface area contributed by atoms with Gasteiger partial charge in [0.15, 0.2) is 0 Å². The van der Waals surface area contributed by atoms with Gasteiger partial charge >= 0.3 is 0 Å². The number of hydrogen-bond donors (Lipinski definition) is 1. The standard InChI is InChI=1S/C14H15N3S/c1-2-14-17-10-13(18-14)9-16-8-12-5-3-4-11(6-12)7-15/h3-6,10,16H,2,8-9H2,1H3. The van der Waals surface area contributed by atoms with E-state index in [0.717, 1.165) is 25.1 Å². The van der Waals surface area contributed by atoms with E-state index >= 15 is 0 Å². The quantitative estimate of drug-likeness (QED) is 0.896. The zero-order valence-corrected chi connectivity index (χ0v) is 11.1. The predicted octanol–water partition coefficient (Wildman–Crippen LogP) is 2.87. The van der Waals surface area contributed by atoms with Gasteiger partial charge in [-0.2, -0.15) is 5.26 Å². The number of thiazole rings is 1. The van der Waals surface area contributed by atoms with E-state index in [1.54, 1.807) is 11.3 Å². The lowest BCUT2D eigenvalue weighted by atomic mass is 10.1. The van der Waals surface area contributed by atoms with Crippen LogP contribution in [-0.2, 0) is 19.5 Å². The Labute approximate surface area is 111 Å². The molecule has 18 heavy (non-hydrogen) atoms. The molecule has 1 N–H and O–H groups in total. The Balaban J connectivity index is 1.86. The molecule has 1 aromatic heterocycles. The van der Waals surface area contributed by atoms with E-state index in [2.05, 4.69) is 23.3 Å². The zero-order valence-electron chi connectivity index (χ0n) is 10.3. The van der Waals surface area contributed by atoms with E-state index in [1.165, 1.54) is 9.88 Å². The van der Waals surface area contributed by atoms with Crippen molar-refractivity contribution in [2.24, 2.45) is 0 Å². The van der Waals surface area contributed by atoms with Crippen molar-refractivity contribution >= 4 is 11.3 Å². The summed E-state index contributed by atoms with van der Waals surface area (Å²) in [6.45, 7) is 3.72. The Morgan fingerprint density at radius 3 is 3.00 bits per heavy atom. The first-order valence-corrected chi connectivity index (χ1v) is 6.77. The summed E-state index contributed by atoms with van der Waals surface area (Å²) in [5, 5.41) is 13.4. The molecule has 2 aromatic rings. The summed E-state index contributed by atoms with van der Waals surface area (Å²) in [4.78, 5) is 5.58. The van der Waals surface area contributed by atoms with Crippen LogP contribution in [0.4, 0.5) is 0 Å². The molecule has 4 heteroatoms. The van der Waals surface area contributed by atoms with Crippen LogP contribution in [0.2, 0.25) is 0 Å². The third kappa shape index (κ3) is 3.39. The monoisotopic (exact) mass is 257 g/mol. The molecule has 92 valence electrons. The first-order chi connectivity index (χ1) is 8.81. The Morgan fingerprint density at radius 1 is 1.39 bits per heavy atom. The lowest BCUT2D eigenvalue weighted by molar-refractivity contribution is 0.700. The van der Waals surface area contributed by atoms with Gasteiger partial charge < -0.3 is 5.32 Å². The third-order valence-corrected chi connectivity index (χ3v) is 3.73. The highest BCUT2D eigenvalue weighted by molar-refractivity contribution is 7.11. The lowest BCUT2D eigenvalue weighted by Gasteiger charge is -2.03. The highest BCUT2D eigenvalue weighted by Crippen LogP contribution is 2.13. The molecule has 1 heterocycles. The van der Waals surface area contributed by atoms with Gasteiger partial charge in [-0.3, -0.25) is 0 Å². The van der Waals surface area contributed by atoms with Crippen LogP contribution in [0, 0.1) is 11.3 Å². The topological polar surface area (TPSA) is 48.7 Å². The van der Waals surface area contributed by atoms with E-state index in [-0.39, 0.29) is 0 Å². The molecule has 3 nitrogen and oxygen atoms in total. The summed E-state index contributed by atoms with van der Waals surface area (Å²) in [5.74, 6) is 0. The fourth-order valence-electron chi connectivity index (χ4n) is 1.67. The molecule has 0 fully saturated rings. The average molecular weight is 257 g/mol. The molecule has 1 aromatic carbocycles. The van der Waals surface area contributed by atoms with Gasteiger partial charge in [0, 0.05) is 24.2 Å². The zero-order chi connectivity index (χ0) is 12.8. The largest absolute Gasteiger partial charge is 0.308 e. The van der Waals surface area contributed by atoms with E-state index in [1.807, 2.05) is 30.5 Å². The number of aromatic nitrogens is 1. The number of benzene rings is 1. The van der Waals surface area contributed by atoms with Crippen LogP contribution in [0.1, 0.15) is 27.9 Å². The summed E-state index contributed by atoms with van der Waals surface area (Å²) >= 11 is 1.75. The third-order valence-electron chi connectivity index (χ3n) is 2.59. The highest BCUT2D eigenvalue weighted by Gasteiger charge is 2.00. The van der Waals surface area contributed by atoms with Crippen molar-refractivity contribution in [3.63, 3.8) is 0 Å². The second-order valence-corrected chi connectivity index (χ2v) is 5.19. The van der Waals surface area contributed by atoms with Gasteiger partial charge in [-0.15, -0.1) is 11.3 Å². The lowest BCUT2D eigenvalue weighted by Crippen LogP contribution is -2.11. The van der Waals surface area contributed by atoms with Crippen molar-refractivity contribution in [2.45, 2.75) is 26.4 Å². The van der Waals surface area contributed by atoms with Gasteiger partial charge in [-0.1, -0.05) is 19.1 Å². The Hall–Kier alpha value is -1.70. The van der Waals surface area contributed by atoms with Crippen LogP contribution in [0.3, 0.4) is 0 Å². The average Bonchev–Trinajstić information content (AvgIpc) is 2.87. The molecule has 0 saturated carbocycles. The number of nitrogens with one attached hydrogen (secondary N) is 1. The predicted molar refractivity (Wildman–Crippen MR) is 73.2 cm³/mol. The van der Waals surface area contributed by atoms with Crippen molar-refractivity contribution in [2.75, 3.05) is 0 Å². The maximum absolute atomic E-state index is 8.82. The highest BCUT2D eigenvalue weighted by atomic mass is 32.1. The Bertz CT molecular complexity index is 554. The maximum atomic E-state index is 8.82. The van der Waals surface area contributed by atoms with Crippen LogP contribution in [0.5, 0.6) is 0 Å². The normalized spacial score (nSPS) is 10.2. The molecule has 0 aliphatic heterocycles. The molecule has 0 amide bonds. The molecule has 0 spiro atoms.